The van der Waals surface area contributed by atoms with Crippen molar-refractivity contribution in [1.29, 1.82) is 0 Å². The summed E-state index contributed by atoms with van der Waals surface area (Å²) >= 11 is 0. The molecule has 2 heterocycles. The van der Waals surface area contributed by atoms with E-state index in [9.17, 15) is 27.6 Å². The fourth-order valence-electron chi connectivity index (χ4n) is 2.14. The molecule has 2 aromatic rings. The zero-order chi connectivity index (χ0) is 17.5. The normalized spacial score (nSPS) is 14.0. The average molecular weight is 339 g/mol. The summed E-state index contributed by atoms with van der Waals surface area (Å²) in [4.78, 5) is 44.1. The van der Waals surface area contributed by atoms with E-state index in [1.54, 1.807) is 0 Å². The highest BCUT2D eigenvalue weighted by Gasteiger charge is 2.39. The predicted octanol–water partition coefficient (Wildman–Crippen LogP) is 1.81. The van der Waals surface area contributed by atoms with Crippen LogP contribution < -0.4 is 0 Å². The molecule has 0 saturated heterocycles. The van der Waals surface area contributed by atoms with Crippen molar-refractivity contribution in [2.24, 2.45) is 0 Å². The van der Waals surface area contributed by atoms with E-state index in [0.29, 0.717) is 4.57 Å². The highest BCUT2D eigenvalue weighted by molar-refractivity contribution is 6.21. The first-order chi connectivity index (χ1) is 11.3. The Morgan fingerprint density at radius 3 is 2.25 bits per heavy atom. The van der Waals surface area contributed by atoms with Gasteiger partial charge in [-0.15, -0.1) is 0 Å². The molecule has 0 spiro atoms. The van der Waals surface area contributed by atoms with Crippen LogP contribution in [0.1, 0.15) is 31.2 Å². The van der Waals surface area contributed by atoms with Crippen molar-refractivity contribution >= 4 is 17.8 Å². The Balaban J connectivity index is 1.75. The molecule has 0 unspecified atom stereocenters. The second-order valence-electron chi connectivity index (χ2n) is 4.88. The van der Waals surface area contributed by atoms with Gasteiger partial charge < -0.3 is 9.40 Å². The molecule has 0 radical (unpaired) electrons. The summed E-state index contributed by atoms with van der Waals surface area (Å²) in [6.07, 6.45) is -2.87. The molecule has 0 aliphatic carbocycles. The molecule has 0 saturated carbocycles. The topological polar surface area (TPSA) is 81.5 Å². The highest BCUT2D eigenvalue weighted by Crippen LogP contribution is 2.23. The van der Waals surface area contributed by atoms with Gasteiger partial charge in [0.1, 0.15) is 6.54 Å². The number of benzene rings is 1. The molecule has 1 aliphatic heterocycles. The Kier molecular flexibility index (Phi) is 3.59. The van der Waals surface area contributed by atoms with Crippen molar-refractivity contribution < 1.29 is 32.4 Å². The van der Waals surface area contributed by atoms with E-state index >= 15 is 0 Å². The SMILES string of the molecule is O=C(ON1C(=O)c2ccccc2C1=O)c1cn(CC(F)(F)F)cn1. The van der Waals surface area contributed by atoms with Crippen LogP contribution in [0.2, 0.25) is 0 Å². The molecular formula is C14H8F3N3O4. The van der Waals surface area contributed by atoms with E-state index in [-0.39, 0.29) is 16.2 Å². The summed E-state index contributed by atoms with van der Waals surface area (Å²) in [7, 11) is 0. The van der Waals surface area contributed by atoms with E-state index in [4.69, 9.17) is 0 Å². The fraction of sp³-hybridized carbons (Fsp3) is 0.143. The van der Waals surface area contributed by atoms with Gasteiger partial charge in [0, 0.05) is 6.20 Å². The number of rotatable bonds is 3. The highest BCUT2D eigenvalue weighted by atomic mass is 19.4. The van der Waals surface area contributed by atoms with Gasteiger partial charge in [-0.1, -0.05) is 17.2 Å². The van der Waals surface area contributed by atoms with Crippen LogP contribution in [0.15, 0.2) is 36.8 Å². The zero-order valence-corrected chi connectivity index (χ0v) is 11.8. The number of hydrogen-bond acceptors (Lipinski definition) is 5. The summed E-state index contributed by atoms with van der Waals surface area (Å²) in [6.45, 7) is -1.33. The molecule has 1 aromatic heterocycles. The van der Waals surface area contributed by atoms with Crippen molar-refractivity contribution in [3.63, 3.8) is 0 Å². The minimum atomic E-state index is -4.48. The summed E-state index contributed by atoms with van der Waals surface area (Å²) in [5, 5.41) is 0.260. The van der Waals surface area contributed by atoms with Crippen LogP contribution in [0.3, 0.4) is 0 Å². The van der Waals surface area contributed by atoms with Gasteiger partial charge in [0.25, 0.3) is 11.8 Å². The molecule has 0 fully saturated rings. The van der Waals surface area contributed by atoms with E-state index in [2.05, 4.69) is 9.82 Å². The number of alkyl halides is 3. The lowest BCUT2D eigenvalue weighted by molar-refractivity contribution is -0.140. The molecule has 3 rings (SSSR count). The van der Waals surface area contributed by atoms with Crippen LogP contribution in [0.5, 0.6) is 0 Å². The quantitative estimate of drug-likeness (QED) is 0.797. The van der Waals surface area contributed by atoms with Crippen LogP contribution in [-0.4, -0.2) is 38.6 Å². The number of halogens is 3. The van der Waals surface area contributed by atoms with Crippen LogP contribution in [0, 0.1) is 0 Å². The molecule has 1 aliphatic rings. The van der Waals surface area contributed by atoms with Crippen LogP contribution in [0.25, 0.3) is 0 Å². The number of hydrogen-bond donors (Lipinski definition) is 0. The smallest absolute Gasteiger partial charge is 0.327 e. The van der Waals surface area contributed by atoms with E-state index in [1.165, 1.54) is 24.3 Å². The Morgan fingerprint density at radius 2 is 1.71 bits per heavy atom. The van der Waals surface area contributed by atoms with Gasteiger partial charge >= 0.3 is 12.1 Å². The van der Waals surface area contributed by atoms with Crippen LogP contribution in [-0.2, 0) is 11.4 Å². The minimum absolute atomic E-state index is 0.0675. The molecule has 7 nitrogen and oxygen atoms in total. The lowest BCUT2D eigenvalue weighted by atomic mass is 10.1. The molecule has 1 aromatic carbocycles. The largest absolute Gasteiger partial charge is 0.406 e. The Hall–Kier alpha value is -3.17. The number of hydroxylamine groups is 2. The molecule has 124 valence electrons. The molecule has 0 N–H and O–H groups in total. The number of imidazole rings is 1. The average Bonchev–Trinajstić information content (AvgIpc) is 3.05. The number of fused-ring (bicyclic) bond motifs is 1. The zero-order valence-electron chi connectivity index (χ0n) is 11.8. The van der Waals surface area contributed by atoms with Gasteiger partial charge in [0.2, 0.25) is 0 Å². The summed E-state index contributed by atoms with van der Waals surface area (Å²) in [5.41, 5.74) is -0.327. The van der Waals surface area contributed by atoms with Crippen molar-refractivity contribution in [3.8, 4) is 0 Å². The molecule has 0 atom stereocenters. The van der Waals surface area contributed by atoms with Gasteiger partial charge in [-0.05, 0) is 12.1 Å². The maximum atomic E-state index is 12.3. The lowest BCUT2D eigenvalue weighted by Crippen LogP contribution is -2.32. The number of carbonyl (C=O) groups is 3. The van der Waals surface area contributed by atoms with Crippen molar-refractivity contribution in [2.75, 3.05) is 0 Å². The third-order valence-corrected chi connectivity index (χ3v) is 3.14. The summed E-state index contributed by atoms with van der Waals surface area (Å²) in [6, 6.07) is 5.85. The maximum Gasteiger partial charge on any atom is 0.406 e. The third kappa shape index (κ3) is 2.85. The second-order valence-corrected chi connectivity index (χ2v) is 4.88. The van der Waals surface area contributed by atoms with Crippen LogP contribution in [0.4, 0.5) is 13.2 Å². The molecule has 24 heavy (non-hydrogen) atoms. The van der Waals surface area contributed by atoms with E-state index < -0.39 is 36.2 Å². The predicted molar refractivity (Wildman–Crippen MR) is 70.6 cm³/mol. The minimum Gasteiger partial charge on any atom is -0.327 e. The number of carbonyl (C=O) groups excluding carboxylic acids is 3. The number of nitrogens with zero attached hydrogens (tertiary/aromatic N) is 3. The Bertz CT molecular complexity index is 809. The molecule has 2 amide bonds. The molecule has 0 bridgehead atoms. The maximum absolute atomic E-state index is 12.3. The number of aromatic nitrogens is 2. The molecular weight excluding hydrogens is 331 g/mol. The van der Waals surface area contributed by atoms with Crippen molar-refractivity contribution in [2.45, 2.75) is 12.7 Å². The van der Waals surface area contributed by atoms with Crippen molar-refractivity contribution in [3.05, 3.63) is 53.6 Å². The van der Waals surface area contributed by atoms with Gasteiger partial charge in [0.15, 0.2) is 5.69 Å². The van der Waals surface area contributed by atoms with Gasteiger partial charge in [-0.2, -0.15) is 13.2 Å². The van der Waals surface area contributed by atoms with Gasteiger partial charge in [0.05, 0.1) is 17.5 Å². The summed E-state index contributed by atoms with van der Waals surface area (Å²) in [5.74, 6) is -2.89. The standard InChI is InChI=1S/C14H8F3N3O4/c15-14(16,17)6-19-5-10(18-7-19)13(23)24-20-11(21)8-3-1-2-4-9(8)12(20)22/h1-5,7H,6H2. The van der Waals surface area contributed by atoms with E-state index in [1.807, 2.05) is 0 Å². The first-order valence-electron chi connectivity index (χ1n) is 6.55. The number of imide groups is 1. The Labute approximate surface area is 132 Å². The molecule has 10 heteroatoms. The van der Waals surface area contributed by atoms with Crippen LogP contribution >= 0.6 is 0 Å². The first kappa shape index (κ1) is 15.7. The second kappa shape index (κ2) is 5.48. The summed E-state index contributed by atoms with van der Waals surface area (Å²) < 4.78 is 37.5. The monoisotopic (exact) mass is 339 g/mol. The first-order valence-corrected chi connectivity index (χ1v) is 6.55. The van der Waals surface area contributed by atoms with Crippen molar-refractivity contribution in [1.82, 2.24) is 14.6 Å². The van der Waals surface area contributed by atoms with Gasteiger partial charge in [-0.25, -0.2) is 9.78 Å². The van der Waals surface area contributed by atoms with Gasteiger partial charge in [-0.3, -0.25) is 9.59 Å². The fourth-order valence-corrected chi connectivity index (χ4v) is 2.14. The third-order valence-electron chi connectivity index (χ3n) is 3.14. The Morgan fingerprint density at radius 1 is 1.12 bits per heavy atom. The lowest BCUT2D eigenvalue weighted by Gasteiger charge is -2.11. The number of amides is 2. The van der Waals surface area contributed by atoms with E-state index in [0.717, 1.165) is 12.5 Å².